The Morgan fingerprint density at radius 2 is 2.12 bits per heavy atom. The summed E-state index contributed by atoms with van der Waals surface area (Å²) >= 11 is 1.85. The zero-order valence-corrected chi connectivity index (χ0v) is 16.4. The fourth-order valence-corrected chi connectivity index (χ4v) is 5.01. The summed E-state index contributed by atoms with van der Waals surface area (Å²) in [5.74, 6) is 0.943. The summed E-state index contributed by atoms with van der Waals surface area (Å²) in [7, 11) is 1.74. The highest BCUT2D eigenvalue weighted by Gasteiger charge is 2.28. The number of methoxy groups -OCH3 is 1. The third-order valence-corrected chi connectivity index (χ3v) is 6.55. The molecule has 3 heterocycles. The van der Waals surface area contributed by atoms with Gasteiger partial charge in [-0.1, -0.05) is 12.1 Å². The molecule has 1 aromatic carbocycles. The van der Waals surface area contributed by atoms with E-state index in [2.05, 4.69) is 34.9 Å². The summed E-state index contributed by atoms with van der Waals surface area (Å²) in [6.07, 6.45) is 2.46. The standard InChI is InChI=1S/C20H27N3O2S/c1-15-19(26-20(21-15)22-9-11-25-12-10-22)14-23-8-4-7-18(23)16-5-3-6-17(13-16)24-2/h3,5-6,13,18H,4,7-12,14H2,1-2H3. The van der Waals surface area contributed by atoms with E-state index in [1.165, 1.54) is 29.0 Å². The summed E-state index contributed by atoms with van der Waals surface area (Å²) in [6, 6.07) is 8.99. The number of rotatable bonds is 5. The first-order valence-electron chi connectivity index (χ1n) is 9.41. The van der Waals surface area contributed by atoms with Crippen LogP contribution < -0.4 is 9.64 Å². The summed E-state index contributed by atoms with van der Waals surface area (Å²) in [4.78, 5) is 11.2. The molecule has 0 amide bonds. The van der Waals surface area contributed by atoms with Crippen molar-refractivity contribution in [3.8, 4) is 5.75 Å². The largest absolute Gasteiger partial charge is 0.497 e. The minimum Gasteiger partial charge on any atom is -0.497 e. The number of thiazole rings is 1. The molecule has 4 rings (SSSR count). The van der Waals surface area contributed by atoms with Gasteiger partial charge in [-0.05, 0) is 44.0 Å². The van der Waals surface area contributed by atoms with E-state index in [9.17, 15) is 0 Å². The van der Waals surface area contributed by atoms with Crippen LogP contribution in [0.2, 0.25) is 0 Å². The van der Waals surface area contributed by atoms with Gasteiger partial charge in [-0.3, -0.25) is 4.90 Å². The van der Waals surface area contributed by atoms with Gasteiger partial charge in [0.1, 0.15) is 5.75 Å². The minimum atomic E-state index is 0.471. The number of aryl methyl sites for hydroxylation is 1. The lowest BCUT2D eigenvalue weighted by atomic mass is 10.0. The first-order chi connectivity index (χ1) is 12.7. The number of benzene rings is 1. The Balaban J connectivity index is 1.50. The van der Waals surface area contributed by atoms with Crippen molar-refractivity contribution < 1.29 is 9.47 Å². The summed E-state index contributed by atoms with van der Waals surface area (Å²) in [6.45, 7) is 7.77. The fraction of sp³-hybridized carbons (Fsp3) is 0.550. The molecule has 1 aromatic heterocycles. The normalized spacial score (nSPS) is 21.3. The molecule has 0 N–H and O–H groups in total. The lowest BCUT2D eigenvalue weighted by molar-refractivity contribution is 0.122. The maximum Gasteiger partial charge on any atom is 0.185 e. The monoisotopic (exact) mass is 373 g/mol. The predicted molar refractivity (Wildman–Crippen MR) is 105 cm³/mol. The Bertz CT molecular complexity index is 742. The third-order valence-electron chi connectivity index (χ3n) is 5.35. The van der Waals surface area contributed by atoms with Gasteiger partial charge in [0.15, 0.2) is 5.13 Å². The number of anilines is 1. The summed E-state index contributed by atoms with van der Waals surface area (Å²) in [5, 5.41) is 1.15. The Labute approximate surface area is 159 Å². The van der Waals surface area contributed by atoms with E-state index in [1.807, 2.05) is 17.4 Å². The van der Waals surface area contributed by atoms with Crippen molar-refractivity contribution in [3.05, 3.63) is 40.4 Å². The topological polar surface area (TPSA) is 37.8 Å². The van der Waals surface area contributed by atoms with Gasteiger partial charge >= 0.3 is 0 Å². The van der Waals surface area contributed by atoms with Crippen LogP contribution in [0.4, 0.5) is 5.13 Å². The van der Waals surface area contributed by atoms with Crippen molar-refractivity contribution in [2.45, 2.75) is 32.4 Å². The SMILES string of the molecule is COc1cccc(C2CCCN2Cc2sc(N3CCOCC3)nc2C)c1. The molecule has 0 saturated carbocycles. The Morgan fingerprint density at radius 3 is 2.92 bits per heavy atom. The van der Waals surface area contributed by atoms with Crippen LogP contribution in [0.3, 0.4) is 0 Å². The lowest BCUT2D eigenvalue weighted by Gasteiger charge is -2.26. The number of morpholine rings is 1. The first kappa shape index (κ1) is 17.8. The molecule has 2 aromatic rings. The van der Waals surface area contributed by atoms with E-state index >= 15 is 0 Å². The highest BCUT2D eigenvalue weighted by Crippen LogP contribution is 2.36. The van der Waals surface area contributed by atoms with Gasteiger partial charge in [0.2, 0.25) is 0 Å². The van der Waals surface area contributed by atoms with E-state index in [1.54, 1.807) is 7.11 Å². The maximum absolute atomic E-state index is 5.46. The lowest BCUT2D eigenvalue weighted by Crippen LogP contribution is -2.36. The van der Waals surface area contributed by atoms with Crippen molar-refractivity contribution in [2.24, 2.45) is 0 Å². The zero-order valence-electron chi connectivity index (χ0n) is 15.6. The molecule has 0 bridgehead atoms. The molecule has 2 aliphatic rings. The summed E-state index contributed by atoms with van der Waals surface area (Å²) < 4.78 is 10.9. The van der Waals surface area contributed by atoms with Gasteiger partial charge in [-0.2, -0.15) is 0 Å². The Kier molecular flexibility index (Phi) is 5.43. The van der Waals surface area contributed by atoms with Crippen LogP contribution in [0, 0.1) is 6.92 Å². The molecule has 2 aliphatic heterocycles. The average Bonchev–Trinajstić information content (AvgIpc) is 3.30. The van der Waals surface area contributed by atoms with Crippen LogP contribution in [0.5, 0.6) is 5.75 Å². The van der Waals surface area contributed by atoms with Crippen LogP contribution in [0.15, 0.2) is 24.3 Å². The van der Waals surface area contributed by atoms with Crippen LogP contribution >= 0.6 is 11.3 Å². The molecular formula is C20H27N3O2S. The molecule has 1 unspecified atom stereocenters. The fourth-order valence-electron chi connectivity index (χ4n) is 3.88. The van der Waals surface area contributed by atoms with E-state index in [-0.39, 0.29) is 0 Å². The molecule has 140 valence electrons. The number of aromatic nitrogens is 1. The van der Waals surface area contributed by atoms with Crippen LogP contribution in [-0.2, 0) is 11.3 Å². The number of nitrogens with zero attached hydrogens (tertiary/aromatic N) is 3. The first-order valence-corrected chi connectivity index (χ1v) is 10.2. The van der Waals surface area contributed by atoms with Gasteiger partial charge in [0.05, 0.1) is 26.0 Å². The maximum atomic E-state index is 5.46. The molecule has 5 nitrogen and oxygen atoms in total. The zero-order chi connectivity index (χ0) is 17.9. The molecular weight excluding hydrogens is 346 g/mol. The molecule has 0 spiro atoms. The highest BCUT2D eigenvalue weighted by molar-refractivity contribution is 7.15. The smallest absolute Gasteiger partial charge is 0.185 e. The van der Waals surface area contributed by atoms with Crippen molar-refractivity contribution in [1.82, 2.24) is 9.88 Å². The van der Waals surface area contributed by atoms with Gasteiger partial charge in [-0.15, -0.1) is 11.3 Å². The molecule has 2 fully saturated rings. The quantitative estimate of drug-likeness (QED) is 0.800. The minimum absolute atomic E-state index is 0.471. The van der Waals surface area contributed by atoms with Crippen molar-refractivity contribution in [1.29, 1.82) is 0 Å². The second-order valence-electron chi connectivity index (χ2n) is 7.01. The molecule has 6 heteroatoms. The Hall–Kier alpha value is -1.63. The van der Waals surface area contributed by atoms with E-state index in [0.29, 0.717) is 6.04 Å². The molecule has 1 atom stereocenters. The number of hydrogen-bond acceptors (Lipinski definition) is 6. The Morgan fingerprint density at radius 1 is 1.27 bits per heavy atom. The van der Waals surface area contributed by atoms with Crippen LogP contribution in [-0.4, -0.2) is 49.8 Å². The van der Waals surface area contributed by atoms with Gasteiger partial charge in [0, 0.05) is 30.6 Å². The van der Waals surface area contributed by atoms with Crippen LogP contribution in [0.1, 0.15) is 35.0 Å². The molecule has 0 radical (unpaired) electrons. The van der Waals surface area contributed by atoms with Gasteiger partial charge < -0.3 is 14.4 Å². The molecule has 2 saturated heterocycles. The molecule has 26 heavy (non-hydrogen) atoms. The second kappa shape index (κ2) is 7.94. The summed E-state index contributed by atoms with van der Waals surface area (Å²) in [5.41, 5.74) is 2.53. The second-order valence-corrected chi connectivity index (χ2v) is 8.07. The van der Waals surface area contributed by atoms with E-state index in [0.717, 1.165) is 50.3 Å². The van der Waals surface area contributed by atoms with E-state index in [4.69, 9.17) is 14.5 Å². The van der Waals surface area contributed by atoms with Crippen molar-refractivity contribution in [2.75, 3.05) is 44.9 Å². The van der Waals surface area contributed by atoms with Crippen LogP contribution in [0.25, 0.3) is 0 Å². The number of hydrogen-bond donors (Lipinski definition) is 0. The van der Waals surface area contributed by atoms with Crippen molar-refractivity contribution in [3.63, 3.8) is 0 Å². The van der Waals surface area contributed by atoms with Gasteiger partial charge in [-0.25, -0.2) is 4.98 Å². The van der Waals surface area contributed by atoms with E-state index < -0.39 is 0 Å². The molecule has 0 aliphatic carbocycles. The van der Waals surface area contributed by atoms with Crippen molar-refractivity contribution >= 4 is 16.5 Å². The van der Waals surface area contributed by atoms with Gasteiger partial charge in [0.25, 0.3) is 0 Å². The predicted octanol–water partition coefficient (Wildman–Crippen LogP) is 3.63. The number of ether oxygens (including phenoxy) is 2. The highest BCUT2D eigenvalue weighted by atomic mass is 32.1. The number of likely N-dealkylation sites (tertiary alicyclic amines) is 1. The average molecular weight is 374 g/mol. The third kappa shape index (κ3) is 3.72.